The highest BCUT2D eigenvalue weighted by molar-refractivity contribution is 5.91. The van der Waals surface area contributed by atoms with E-state index < -0.39 is 5.97 Å². The molecule has 1 aliphatic rings. The molecule has 1 aromatic heterocycles. The summed E-state index contributed by atoms with van der Waals surface area (Å²) in [5.74, 6) is -0.875. The smallest absolute Gasteiger partial charge is 0.409 e. The molecular formula is C18H21N5O5. The fourth-order valence-electron chi connectivity index (χ4n) is 2.75. The highest BCUT2D eigenvalue weighted by atomic mass is 16.6. The van der Waals surface area contributed by atoms with Crippen LogP contribution in [0.5, 0.6) is 0 Å². The standard InChI is InChI=1S/C18H21N5O5/c1-2-27-18(26)22-9-7-21(8-10-22)16(24)11-28-17(25)14-3-5-15(6-4-14)23-13-19-12-20-23/h3-6,12-13H,2,7-11H2,1H3. The Labute approximate surface area is 161 Å². The molecular weight excluding hydrogens is 366 g/mol. The van der Waals surface area contributed by atoms with E-state index >= 15 is 0 Å². The molecule has 3 rings (SSSR count). The van der Waals surface area contributed by atoms with Crippen LogP contribution in [0, 0.1) is 0 Å². The molecule has 2 heterocycles. The van der Waals surface area contributed by atoms with Gasteiger partial charge in [-0.15, -0.1) is 0 Å². The summed E-state index contributed by atoms with van der Waals surface area (Å²) in [6, 6.07) is 6.62. The van der Waals surface area contributed by atoms with Gasteiger partial charge in [0.1, 0.15) is 12.7 Å². The zero-order chi connectivity index (χ0) is 19.9. The first-order chi connectivity index (χ1) is 13.6. The maximum absolute atomic E-state index is 12.2. The second-order valence-corrected chi connectivity index (χ2v) is 6.03. The van der Waals surface area contributed by atoms with E-state index in [-0.39, 0.29) is 18.6 Å². The first kappa shape index (κ1) is 19.3. The number of carbonyl (C=O) groups is 3. The van der Waals surface area contributed by atoms with Gasteiger partial charge in [0.25, 0.3) is 5.91 Å². The van der Waals surface area contributed by atoms with Crippen molar-refractivity contribution in [2.24, 2.45) is 0 Å². The number of aromatic nitrogens is 3. The Hall–Kier alpha value is -3.43. The number of hydrogen-bond acceptors (Lipinski definition) is 7. The number of rotatable bonds is 5. The predicted molar refractivity (Wildman–Crippen MR) is 96.8 cm³/mol. The van der Waals surface area contributed by atoms with E-state index in [1.54, 1.807) is 52.0 Å². The lowest BCUT2D eigenvalue weighted by Gasteiger charge is -2.33. The number of hydrogen-bond donors (Lipinski definition) is 0. The first-order valence-corrected chi connectivity index (χ1v) is 8.90. The number of esters is 1. The van der Waals surface area contributed by atoms with E-state index in [9.17, 15) is 14.4 Å². The lowest BCUT2D eigenvalue weighted by Crippen LogP contribution is -2.51. The number of benzene rings is 1. The maximum Gasteiger partial charge on any atom is 0.409 e. The molecule has 10 heteroatoms. The zero-order valence-electron chi connectivity index (χ0n) is 15.5. The highest BCUT2D eigenvalue weighted by Gasteiger charge is 2.25. The van der Waals surface area contributed by atoms with Crippen LogP contribution in [0.4, 0.5) is 4.79 Å². The number of carbonyl (C=O) groups excluding carboxylic acids is 3. The average molecular weight is 387 g/mol. The van der Waals surface area contributed by atoms with E-state index in [0.717, 1.165) is 5.69 Å². The Balaban J connectivity index is 1.46. The molecule has 0 radical (unpaired) electrons. The number of piperazine rings is 1. The van der Waals surface area contributed by atoms with Gasteiger partial charge in [-0.1, -0.05) is 0 Å². The summed E-state index contributed by atoms with van der Waals surface area (Å²) in [6.45, 7) is 3.25. The van der Waals surface area contributed by atoms with E-state index in [1.807, 2.05) is 0 Å². The number of amides is 2. The van der Waals surface area contributed by atoms with Crippen LogP contribution in [-0.4, -0.2) is 81.9 Å². The van der Waals surface area contributed by atoms with E-state index in [4.69, 9.17) is 9.47 Å². The second kappa shape index (κ2) is 8.98. The molecule has 1 aromatic carbocycles. The largest absolute Gasteiger partial charge is 0.452 e. The Kier molecular flexibility index (Phi) is 6.20. The van der Waals surface area contributed by atoms with Crippen molar-refractivity contribution >= 4 is 18.0 Å². The molecule has 0 N–H and O–H groups in total. The van der Waals surface area contributed by atoms with Crippen LogP contribution in [0.1, 0.15) is 17.3 Å². The van der Waals surface area contributed by atoms with Gasteiger partial charge in [0.15, 0.2) is 6.61 Å². The van der Waals surface area contributed by atoms with Crippen molar-refractivity contribution in [3.63, 3.8) is 0 Å². The molecule has 0 aliphatic carbocycles. The van der Waals surface area contributed by atoms with Gasteiger partial charge in [-0.05, 0) is 31.2 Å². The molecule has 1 saturated heterocycles. The molecule has 0 atom stereocenters. The average Bonchev–Trinajstić information content (AvgIpc) is 3.27. The van der Waals surface area contributed by atoms with Gasteiger partial charge in [0, 0.05) is 26.2 Å². The SMILES string of the molecule is CCOC(=O)N1CCN(C(=O)COC(=O)c2ccc(-n3cncn3)cc2)CC1. The third kappa shape index (κ3) is 4.64. The summed E-state index contributed by atoms with van der Waals surface area (Å²) in [4.78, 5) is 43.0. The van der Waals surface area contributed by atoms with Crippen molar-refractivity contribution in [1.29, 1.82) is 0 Å². The minimum Gasteiger partial charge on any atom is -0.452 e. The van der Waals surface area contributed by atoms with Gasteiger partial charge in [0.05, 0.1) is 17.9 Å². The molecule has 0 bridgehead atoms. The fourth-order valence-corrected chi connectivity index (χ4v) is 2.75. The molecule has 0 saturated carbocycles. The van der Waals surface area contributed by atoms with Crippen molar-refractivity contribution < 1.29 is 23.9 Å². The van der Waals surface area contributed by atoms with Crippen molar-refractivity contribution in [2.45, 2.75) is 6.92 Å². The van der Waals surface area contributed by atoms with Crippen LogP contribution < -0.4 is 0 Å². The molecule has 10 nitrogen and oxygen atoms in total. The molecule has 2 aromatic rings. The number of nitrogens with zero attached hydrogens (tertiary/aromatic N) is 5. The van der Waals surface area contributed by atoms with Crippen molar-refractivity contribution in [2.75, 3.05) is 39.4 Å². The normalized spacial score (nSPS) is 13.9. The van der Waals surface area contributed by atoms with Crippen LogP contribution >= 0.6 is 0 Å². The van der Waals surface area contributed by atoms with Crippen molar-refractivity contribution in [3.05, 3.63) is 42.5 Å². The highest BCUT2D eigenvalue weighted by Crippen LogP contribution is 2.10. The summed E-state index contributed by atoms with van der Waals surface area (Å²) < 4.78 is 11.6. The van der Waals surface area contributed by atoms with Crippen LogP contribution in [0.2, 0.25) is 0 Å². The third-order valence-corrected chi connectivity index (χ3v) is 4.27. The summed E-state index contributed by atoms with van der Waals surface area (Å²) in [6.07, 6.45) is 2.59. The van der Waals surface area contributed by atoms with E-state index in [0.29, 0.717) is 38.3 Å². The van der Waals surface area contributed by atoms with Gasteiger partial charge in [-0.25, -0.2) is 19.3 Å². The van der Waals surface area contributed by atoms with Gasteiger partial charge in [-0.2, -0.15) is 5.10 Å². The topological polar surface area (TPSA) is 107 Å². The second-order valence-electron chi connectivity index (χ2n) is 6.03. The van der Waals surface area contributed by atoms with E-state index in [2.05, 4.69) is 10.1 Å². The molecule has 0 spiro atoms. The summed E-state index contributed by atoms with van der Waals surface area (Å²) >= 11 is 0. The summed E-state index contributed by atoms with van der Waals surface area (Å²) in [7, 11) is 0. The zero-order valence-corrected chi connectivity index (χ0v) is 15.5. The van der Waals surface area contributed by atoms with Crippen molar-refractivity contribution in [1.82, 2.24) is 24.6 Å². The molecule has 1 fully saturated rings. The minimum absolute atomic E-state index is 0.295. The molecule has 28 heavy (non-hydrogen) atoms. The monoisotopic (exact) mass is 387 g/mol. The lowest BCUT2D eigenvalue weighted by atomic mass is 10.2. The molecule has 148 valence electrons. The molecule has 0 unspecified atom stereocenters. The Morgan fingerprint density at radius 1 is 1.00 bits per heavy atom. The van der Waals surface area contributed by atoms with Gasteiger partial charge in [0.2, 0.25) is 0 Å². The van der Waals surface area contributed by atoms with Crippen LogP contribution in [-0.2, 0) is 14.3 Å². The summed E-state index contributed by atoms with van der Waals surface area (Å²) in [5.41, 5.74) is 1.09. The van der Waals surface area contributed by atoms with Crippen LogP contribution in [0.25, 0.3) is 5.69 Å². The first-order valence-electron chi connectivity index (χ1n) is 8.90. The van der Waals surface area contributed by atoms with Crippen LogP contribution in [0.15, 0.2) is 36.9 Å². The molecule has 2 amide bonds. The third-order valence-electron chi connectivity index (χ3n) is 4.27. The Bertz CT molecular complexity index is 813. The van der Waals surface area contributed by atoms with Gasteiger partial charge >= 0.3 is 12.1 Å². The van der Waals surface area contributed by atoms with Crippen molar-refractivity contribution in [3.8, 4) is 5.69 Å². The van der Waals surface area contributed by atoms with E-state index in [1.165, 1.54) is 6.33 Å². The fraction of sp³-hybridized carbons (Fsp3) is 0.389. The quantitative estimate of drug-likeness (QED) is 0.696. The van der Waals surface area contributed by atoms with Crippen LogP contribution in [0.3, 0.4) is 0 Å². The Morgan fingerprint density at radius 3 is 2.29 bits per heavy atom. The van der Waals surface area contributed by atoms with Gasteiger partial charge < -0.3 is 19.3 Å². The predicted octanol–water partition coefficient (Wildman–Crippen LogP) is 0.725. The maximum atomic E-state index is 12.2. The minimum atomic E-state index is -0.580. The summed E-state index contributed by atoms with van der Waals surface area (Å²) in [5, 5.41) is 4.01. The van der Waals surface area contributed by atoms with Gasteiger partial charge in [-0.3, -0.25) is 4.79 Å². The number of ether oxygens (including phenoxy) is 2. The lowest BCUT2D eigenvalue weighted by molar-refractivity contribution is -0.136. The Morgan fingerprint density at radius 2 is 1.68 bits per heavy atom. The molecule has 1 aliphatic heterocycles.